The average Bonchev–Trinajstić information content (AvgIpc) is 2.92. The number of carboxylic acid groups (broad SMARTS) is 1. The van der Waals surface area contributed by atoms with Gasteiger partial charge in [-0.05, 0) is 19.1 Å². The third kappa shape index (κ3) is 3.51. The van der Waals surface area contributed by atoms with Gasteiger partial charge in [0.1, 0.15) is 10.6 Å². The normalized spacial score (nSPS) is 11.1. The molecule has 8 nitrogen and oxygen atoms in total. The number of sulfonamides is 1. The number of hydrogen-bond acceptors (Lipinski definition) is 5. The summed E-state index contributed by atoms with van der Waals surface area (Å²) in [7, 11) is -3.88. The van der Waals surface area contributed by atoms with E-state index >= 15 is 0 Å². The highest BCUT2D eigenvalue weighted by atomic mass is 32.2. The Morgan fingerprint density at radius 2 is 2.24 bits per heavy atom. The monoisotopic (exact) mass is 311 g/mol. The minimum atomic E-state index is -3.88. The number of H-pyrrole nitrogens is 1. The lowest BCUT2D eigenvalue weighted by Crippen LogP contribution is -2.12. The molecule has 0 aliphatic rings. The average molecular weight is 311 g/mol. The molecular formula is C12H13N3O5S. The molecule has 0 aromatic carbocycles. The van der Waals surface area contributed by atoms with Crippen LogP contribution < -0.4 is 9.46 Å². The number of nitrogens with one attached hydrogen (secondary N) is 2. The predicted octanol–water partition coefficient (Wildman–Crippen LogP) is 1.31. The number of rotatable bonds is 6. The van der Waals surface area contributed by atoms with E-state index in [0.717, 1.165) is 12.3 Å². The Morgan fingerprint density at radius 3 is 2.76 bits per heavy atom. The molecule has 0 aliphatic heterocycles. The van der Waals surface area contributed by atoms with Crippen molar-refractivity contribution >= 4 is 21.7 Å². The molecular weight excluding hydrogens is 298 g/mol. The van der Waals surface area contributed by atoms with Gasteiger partial charge in [0.2, 0.25) is 5.88 Å². The number of nitrogens with zero attached hydrogens (tertiary/aromatic N) is 1. The molecule has 0 radical (unpaired) electrons. The molecule has 0 saturated heterocycles. The molecule has 0 spiro atoms. The minimum Gasteiger partial charge on any atom is -0.478 e. The number of anilines is 1. The Kier molecular flexibility index (Phi) is 4.13. The lowest BCUT2D eigenvalue weighted by atomic mass is 10.4. The first-order valence-corrected chi connectivity index (χ1v) is 7.44. The first kappa shape index (κ1) is 14.9. The van der Waals surface area contributed by atoms with Crippen molar-refractivity contribution in [2.24, 2.45) is 0 Å². The molecule has 0 amide bonds. The Morgan fingerprint density at radius 1 is 1.48 bits per heavy atom. The van der Waals surface area contributed by atoms with Crippen LogP contribution in [0.5, 0.6) is 5.88 Å². The number of aromatic carboxylic acids is 1. The molecule has 0 fully saturated rings. The smallest absolute Gasteiger partial charge is 0.352 e. The van der Waals surface area contributed by atoms with Crippen LogP contribution >= 0.6 is 0 Å². The fraction of sp³-hybridized carbons (Fsp3) is 0.167. The van der Waals surface area contributed by atoms with Crippen LogP contribution in [0, 0.1) is 0 Å². The van der Waals surface area contributed by atoms with E-state index in [1.54, 1.807) is 0 Å². The maximum absolute atomic E-state index is 12.1. The van der Waals surface area contributed by atoms with Crippen molar-refractivity contribution in [3.8, 4) is 5.88 Å². The number of hydrogen-bond donors (Lipinski definition) is 3. The summed E-state index contributed by atoms with van der Waals surface area (Å²) in [5, 5.41) is 8.76. The van der Waals surface area contributed by atoms with Gasteiger partial charge in [-0.3, -0.25) is 4.72 Å². The van der Waals surface area contributed by atoms with E-state index in [1.807, 2.05) is 6.92 Å². The number of carbonyl (C=O) groups is 1. The summed E-state index contributed by atoms with van der Waals surface area (Å²) in [5.41, 5.74) is 0.0386. The van der Waals surface area contributed by atoms with Gasteiger partial charge >= 0.3 is 5.97 Å². The van der Waals surface area contributed by atoms with Gasteiger partial charge in [-0.2, -0.15) is 0 Å². The highest BCUT2D eigenvalue weighted by Crippen LogP contribution is 2.18. The second-order valence-corrected chi connectivity index (χ2v) is 5.66. The summed E-state index contributed by atoms with van der Waals surface area (Å²) in [6.07, 6.45) is 2.42. The quantitative estimate of drug-likeness (QED) is 0.739. The number of ether oxygens (including phenoxy) is 1. The van der Waals surface area contributed by atoms with Crippen LogP contribution in [0.1, 0.15) is 17.4 Å². The molecule has 2 aromatic heterocycles. The number of pyridine rings is 1. The molecule has 0 saturated carbocycles. The van der Waals surface area contributed by atoms with Crippen molar-refractivity contribution < 1.29 is 23.1 Å². The zero-order chi connectivity index (χ0) is 15.5. The molecule has 0 unspecified atom stereocenters. The molecule has 21 heavy (non-hydrogen) atoms. The van der Waals surface area contributed by atoms with Crippen molar-refractivity contribution in [2.75, 3.05) is 11.3 Å². The van der Waals surface area contributed by atoms with E-state index in [4.69, 9.17) is 9.84 Å². The van der Waals surface area contributed by atoms with Gasteiger partial charge < -0.3 is 14.8 Å². The summed E-state index contributed by atoms with van der Waals surface area (Å²) in [6, 6.07) is 4.06. The Balaban J connectivity index is 2.18. The first-order valence-electron chi connectivity index (χ1n) is 5.96. The zero-order valence-corrected chi connectivity index (χ0v) is 11.8. The summed E-state index contributed by atoms with van der Waals surface area (Å²) >= 11 is 0. The molecule has 0 atom stereocenters. The molecule has 112 valence electrons. The van der Waals surface area contributed by atoms with Gasteiger partial charge in [-0.25, -0.2) is 18.2 Å². The topological polar surface area (TPSA) is 121 Å². The van der Waals surface area contributed by atoms with E-state index < -0.39 is 16.0 Å². The van der Waals surface area contributed by atoms with Crippen LogP contribution in [0.25, 0.3) is 0 Å². The van der Waals surface area contributed by atoms with Crippen molar-refractivity contribution in [3.05, 3.63) is 36.3 Å². The SMILES string of the molecule is CCOc1ccc(NS(=O)(=O)c2c[nH]c(C(=O)O)c2)cn1. The third-order valence-electron chi connectivity index (χ3n) is 2.48. The maximum atomic E-state index is 12.1. The van der Waals surface area contributed by atoms with E-state index in [-0.39, 0.29) is 16.3 Å². The minimum absolute atomic E-state index is 0.172. The lowest BCUT2D eigenvalue weighted by molar-refractivity contribution is 0.0691. The van der Waals surface area contributed by atoms with Crippen LogP contribution in [0.3, 0.4) is 0 Å². The Bertz CT molecular complexity index is 737. The second-order valence-electron chi connectivity index (χ2n) is 3.98. The van der Waals surface area contributed by atoms with E-state index in [1.165, 1.54) is 18.3 Å². The maximum Gasteiger partial charge on any atom is 0.352 e. The fourth-order valence-corrected chi connectivity index (χ4v) is 2.58. The van der Waals surface area contributed by atoms with Gasteiger partial charge in [0.05, 0.1) is 18.5 Å². The van der Waals surface area contributed by atoms with Crippen LogP contribution in [-0.2, 0) is 10.0 Å². The summed E-state index contributed by atoms with van der Waals surface area (Å²) < 4.78 is 31.6. The van der Waals surface area contributed by atoms with Crippen molar-refractivity contribution in [3.63, 3.8) is 0 Å². The first-order chi connectivity index (χ1) is 9.92. The second kappa shape index (κ2) is 5.83. The molecule has 0 bridgehead atoms. The largest absolute Gasteiger partial charge is 0.478 e. The van der Waals surface area contributed by atoms with E-state index in [9.17, 15) is 13.2 Å². The van der Waals surface area contributed by atoms with Gasteiger partial charge in [0, 0.05) is 12.3 Å². The standard InChI is InChI=1S/C12H13N3O5S/c1-2-20-11-4-3-8(6-14-11)15-21(18,19)9-5-10(12(16)17)13-7-9/h3-7,13,15H,2H2,1H3,(H,16,17). The van der Waals surface area contributed by atoms with Gasteiger partial charge in [-0.15, -0.1) is 0 Å². The van der Waals surface area contributed by atoms with Crippen molar-refractivity contribution in [1.29, 1.82) is 0 Å². The Hall–Kier alpha value is -2.55. The van der Waals surface area contributed by atoms with Gasteiger partial charge in [-0.1, -0.05) is 0 Å². The number of aromatic nitrogens is 2. The lowest BCUT2D eigenvalue weighted by Gasteiger charge is -2.07. The number of aromatic amines is 1. The van der Waals surface area contributed by atoms with E-state index in [2.05, 4.69) is 14.7 Å². The van der Waals surface area contributed by atoms with Crippen molar-refractivity contribution in [2.45, 2.75) is 11.8 Å². The van der Waals surface area contributed by atoms with E-state index in [0.29, 0.717) is 12.5 Å². The molecule has 2 rings (SSSR count). The summed E-state index contributed by atoms with van der Waals surface area (Å²) in [4.78, 5) is 16.9. The van der Waals surface area contributed by atoms with Crippen LogP contribution in [-0.4, -0.2) is 36.1 Å². The van der Waals surface area contributed by atoms with Crippen LogP contribution in [0.15, 0.2) is 35.5 Å². The molecule has 3 N–H and O–H groups in total. The number of carboxylic acids is 1. The fourth-order valence-electron chi connectivity index (χ4n) is 1.54. The molecule has 2 heterocycles. The predicted molar refractivity (Wildman–Crippen MR) is 74.0 cm³/mol. The molecule has 2 aromatic rings. The summed E-state index contributed by atoms with van der Waals surface area (Å²) in [6.45, 7) is 2.27. The van der Waals surface area contributed by atoms with Crippen LogP contribution in [0.2, 0.25) is 0 Å². The van der Waals surface area contributed by atoms with Crippen molar-refractivity contribution in [1.82, 2.24) is 9.97 Å². The third-order valence-corrected chi connectivity index (χ3v) is 3.84. The molecule has 9 heteroatoms. The van der Waals surface area contributed by atoms with Gasteiger partial charge in [0.25, 0.3) is 10.0 Å². The summed E-state index contributed by atoms with van der Waals surface area (Å²) in [5.74, 6) is -0.852. The highest BCUT2D eigenvalue weighted by Gasteiger charge is 2.18. The van der Waals surface area contributed by atoms with Gasteiger partial charge in [0.15, 0.2) is 0 Å². The Labute approximate surface area is 120 Å². The van der Waals surface area contributed by atoms with Crippen LogP contribution in [0.4, 0.5) is 5.69 Å². The highest BCUT2D eigenvalue weighted by molar-refractivity contribution is 7.92. The zero-order valence-electron chi connectivity index (χ0n) is 11.0. The molecule has 0 aliphatic carbocycles.